The molecule has 0 bridgehead atoms. The molecule has 1 aromatic rings. The first-order chi connectivity index (χ1) is 9.11. The van der Waals surface area contributed by atoms with E-state index < -0.39 is 0 Å². The van der Waals surface area contributed by atoms with E-state index in [1.165, 1.54) is 0 Å². The standard InChI is InChI=1S/C13H22N4O2/c1-9-10(6-15-17(9)2)4-5-13(18)16-11-7-14-8-12(11)19-3/h6,11-12,14H,4-5,7-8H2,1-3H3,(H,16,18)/t11-,12+/m1/s1. The third-order valence-electron chi connectivity index (χ3n) is 3.77. The number of methoxy groups -OCH3 is 1. The molecule has 1 aromatic heterocycles. The number of aromatic nitrogens is 2. The normalized spacial score (nSPS) is 22.7. The van der Waals surface area contributed by atoms with Gasteiger partial charge in [-0.2, -0.15) is 5.10 Å². The molecule has 19 heavy (non-hydrogen) atoms. The van der Waals surface area contributed by atoms with Crippen LogP contribution in [0.1, 0.15) is 17.7 Å². The minimum atomic E-state index is 0.0685. The number of carbonyl (C=O) groups is 1. The maximum Gasteiger partial charge on any atom is 0.220 e. The summed E-state index contributed by atoms with van der Waals surface area (Å²) in [6.45, 7) is 3.58. The first-order valence-electron chi connectivity index (χ1n) is 6.62. The molecule has 0 unspecified atom stereocenters. The van der Waals surface area contributed by atoms with Crippen LogP contribution in [-0.2, 0) is 23.0 Å². The van der Waals surface area contributed by atoms with Gasteiger partial charge >= 0.3 is 0 Å². The molecule has 6 heteroatoms. The van der Waals surface area contributed by atoms with Crippen molar-refractivity contribution in [2.24, 2.45) is 7.05 Å². The molecule has 1 saturated heterocycles. The fourth-order valence-corrected chi connectivity index (χ4v) is 2.36. The van der Waals surface area contributed by atoms with E-state index in [-0.39, 0.29) is 18.1 Å². The maximum absolute atomic E-state index is 11.9. The summed E-state index contributed by atoms with van der Waals surface area (Å²) in [4.78, 5) is 11.9. The van der Waals surface area contributed by atoms with E-state index in [1.807, 2.05) is 24.9 Å². The lowest BCUT2D eigenvalue weighted by Crippen LogP contribution is -2.43. The summed E-state index contributed by atoms with van der Waals surface area (Å²) in [6.07, 6.45) is 3.12. The predicted molar refractivity (Wildman–Crippen MR) is 71.9 cm³/mol. The number of carbonyl (C=O) groups excluding carboxylic acids is 1. The van der Waals surface area contributed by atoms with Crippen molar-refractivity contribution >= 4 is 5.91 Å². The highest BCUT2D eigenvalue weighted by Gasteiger charge is 2.27. The minimum absolute atomic E-state index is 0.0685. The molecule has 2 atom stereocenters. The molecule has 2 rings (SSSR count). The number of ether oxygens (including phenoxy) is 1. The Morgan fingerprint density at radius 1 is 1.63 bits per heavy atom. The Morgan fingerprint density at radius 3 is 3.05 bits per heavy atom. The van der Waals surface area contributed by atoms with Gasteiger partial charge in [-0.25, -0.2) is 0 Å². The average Bonchev–Trinajstić information content (AvgIpc) is 2.96. The van der Waals surface area contributed by atoms with Crippen LogP contribution in [0.25, 0.3) is 0 Å². The van der Waals surface area contributed by atoms with Crippen molar-refractivity contribution in [3.63, 3.8) is 0 Å². The zero-order valence-corrected chi connectivity index (χ0v) is 11.8. The largest absolute Gasteiger partial charge is 0.378 e. The monoisotopic (exact) mass is 266 g/mol. The van der Waals surface area contributed by atoms with Crippen molar-refractivity contribution in [1.29, 1.82) is 0 Å². The second kappa shape index (κ2) is 6.16. The van der Waals surface area contributed by atoms with Gasteiger partial charge in [0.15, 0.2) is 0 Å². The van der Waals surface area contributed by atoms with Gasteiger partial charge in [-0.05, 0) is 18.9 Å². The van der Waals surface area contributed by atoms with E-state index >= 15 is 0 Å². The molecule has 106 valence electrons. The van der Waals surface area contributed by atoms with Gasteiger partial charge in [0.05, 0.1) is 18.3 Å². The molecular formula is C13H22N4O2. The summed E-state index contributed by atoms with van der Waals surface area (Å²) < 4.78 is 7.15. The van der Waals surface area contributed by atoms with E-state index in [0.717, 1.165) is 30.8 Å². The lowest BCUT2D eigenvalue weighted by atomic mass is 10.1. The Labute approximate surface area is 113 Å². The molecule has 0 saturated carbocycles. The van der Waals surface area contributed by atoms with Crippen LogP contribution in [0.2, 0.25) is 0 Å². The molecule has 0 radical (unpaired) electrons. The molecule has 0 aromatic carbocycles. The third-order valence-corrected chi connectivity index (χ3v) is 3.77. The quantitative estimate of drug-likeness (QED) is 0.772. The number of hydrogen-bond donors (Lipinski definition) is 2. The fourth-order valence-electron chi connectivity index (χ4n) is 2.36. The fraction of sp³-hybridized carbons (Fsp3) is 0.692. The molecule has 1 fully saturated rings. The van der Waals surface area contributed by atoms with Gasteiger partial charge in [0.1, 0.15) is 0 Å². The van der Waals surface area contributed by atoms with Crippen LogP contribution in [0.5, 0.6) is 0 Å². The Morgan fingerprint density at radius 2 is 2.42 bits per heavy atom. The third kappa shape index (κ3) is 3.33. The summed E-state index contributed by atoms with van der Waals surface area (Å²) in [7, 11) is 3.59. The van der Waals surface area contributed by atoms with Gasteiger partial charge in [0, 0.05) is 39.4 Å². The molecule has 1 aliphatic rings. The average molecular weight is 266 g/mol. The van der Waals surface area contributed by atoms with E-state index in [1.54, 1.807) is 7.11 Å². The van der Waals surface area contributed by atoms with Gasteiger partial charge in [-0.3, -0.25) is 9.48 Å². The van der Waals surface area contributed by atoms with Gasteiger partial charge in [0.2, 0.25) is 5.91 Å². The Bertz CT molecular complexity index is 444. The molecule has 1 amide bonds. The first-order valence-corrected chi connectivity index (χ1v) is 6.62. The van der Waals surface area contributed by atoms with Crippen LogP contribution in [0.4, 0.5) is 0 Å². The van der Waals surface area contributed by atoms with Crippen LogP contribution in [0.3, 0.4) is 0 Å². The summed E-state index contributed by atoms with van der Waals surface area (Å²) in [6, 6.07) is 0.0764. The predicted octanol–water partition coefficient (Wildman–Crippen LogP) is -0.236. The molecule has 0 aliphatic carbocycles. The summed E-state index contributed by atoms with van der Waals surface area (Å²) >= 11 is 0. The number of nitrogens with one attached hydrogen (secondary N) is 2. The van der Waals surface area contributed by atoms with Crippen molar-refractivity contribution in [3.8, 4) is 0 Å². The molecule has 6 nitrogen and oxygen atoms in total. The van der Waals surface area contributed by atoms with Crippen LogP contribution < -0.4 is 10.6 Å². The van der Waals surface area contributed by atoms with Gasteiger partial charge < -0.3 is 15.4 Å². The van der Waals surface area contributed by atoms with Gasteiger partial charge in [0.25, 0.3) is 0 Å². The number of nitrogens with zero attached hydrogens (tertiary/aromatic N) is 2. The Kier molecular flexibility index (Phi) is 4.55. The zero-order chi connectivity index (χ0) is 13.8. The highest BCUT2D eigenvalue weighted by Crippen LogP contribution is 2.09. The Hall–Kier alpha value is -1.40. The van der Waals surface area contributed by atoms with E-state index in [2.05, 4.69) is 15.7 Å². The van der Waals surface area contributed by atoms with Crippen LogP contribution in [0, 0.1) is 6.92 Å². The van der Waals surface area contributed by atoms with Crippen molar-refractivity contribution in [3.05, 3.63) is 17.5 Å². The highest BCUT2D eigenvalue weighted by atomic mass is 16.5. The summed E-state index contributed by atoms with van der Waals surface area (Å²) in [5.74, 6) is 0.0685. The minimum Gasteiger partial charge on any atom is -0.378 e. The maximum atomic E-state index is 11.9. The van der Waals surface area contributed by atoms with Gasteiger partial charge in [-0.1, -0.05) is 0 Å². The number of aryl methyl sites for hydroxylation is 2. The zero-order valence-electron chi connectivity index (χ0n) is 11.8. The van der Waals surface area contributed by atoms with Crippen molar-refractivity contribution in [1.82, 2.24) is 20.4 Å². The molecule has 0 spiro atoms. The molecule has 2 heterocycles. The van der Waals surface area contributed by atoms with Crippen LogP contribution in [0.15, 0.2) is 6.20 Å². The number of amides is 1. The lowest BCUT2D eigenvalue weighted by Gasteiger charge is -2.18. The van der Waals surface area contributed by atoms with Crippen LogP contribution in [-0.4, -0.2) is 48.0 Å². The second-order valence-electron chi connectivity index (χ2n) is 4.99. The van der Waals surface area contributed by atoms with Gasteiger partial charge in [-0.15, -0.1) is 0 Å². The van der Waals surface area contributed by atoms with Crippen molar-refractivity contribution < 1.29 is 9.53 Å². The van der Waals surface area contributed by atoms with E-state index in [4.69, 9.17) is 4.74 Å². The molecule has 2 N–H and O–H groups in total. The van der Waals surface area contributed by atoms with Crippen LogP contribution >= 0.6 is 0 Å². The van der Waals surface area contributed by atoms with Crippen molar-refractivity contribution in [2.75, 3.05) is 20.2 Å². The topological polar surface area (TPSA) is 68.2 Å². The van der Waals surface area contributed by atoms with Crippen molar-refractivity contribution in [2.45, 2.75) is 31.9 Å². The lowest BCUT2D eigenvalue weighted by molar-refractivity contribution is -0.122. The Balaban J connectivity index is 1.80. The smallest absolute Gasteiger partial charge is 0.220 e. The SMILES string of the molecule is CO[C@H]1CNC[C@H]1NC(=O)CCc1cnn(C)c1C. The summed E-state index contributed by atoms with van der Waals surface area (Å²) in [5.41, 5.74) is 2.25. The van der Waals surface area contributed by atoms with E-state index in [0.29, 0.717) is 6.42 Å². The highest BCUT2D eigenvalue weighted by molar-refractivity contribution is 5.76. The summed E-state index contributed by atoms with van der Waals surface area (Å²) in [5, 5.41) is 10.4. The molecule has 1 aliphatic heterocycles. The second-order valence-corrected chi connectivity index (χ2v) is 4.99. The van der Waals surface area contributed by atoms with E-state index in [9.17, 15) is 4.79 Å². The number of rotatable bonds is 5. The molecular weight excluding hydrogens is 244 g/mol. The number of hydrogen-bond acceptors (Lipinski definition) is 4. The first kappa shape index (κ1) is 14.0.